The van der Waals surface area contributed by atoms with Crippen molar-refractivity contribution >= 4 is 50.7 Å². The zero-order valence-corrected chi connectivity index (χ0v) is 18.7. The van der Waals surface area contributed by atoms with E-state index in [1.807, 2.05) is 6.07 Å². The van der Waals surface area contributed by atoms with Gasteiger partial charge in [-0.3, -0.25) is 9.59 Å². The summed E-state index contributed by atoms with van der Waals surface area (Å²) >= 11 is 7.31. The quantitative estimate of drug-likeness (QED) is 0.615. The van der Waals surface area contributed by atoms with Gasteiger partial charge in [-0.05, 0) is 18.2 Å². The number of ketones is 2. The van der Waals surface area contributed by atoms with Crippen molar-refractivity contribution in [1.29, 1.82) is 0 Å². The summed E-state index contributed by atoms with van der Waals surface area (Å²) in [6.07, 6.45) is 0.974. The lowest BCUT2D eigenvalue weighted by atomic mass is 9.90. The highest BCUT2D eigenvalue weighted by Crippen LogP contribution is 2.47. The number of thioether (sulfide) groups is 1. The molecule has 5 rings (SSSR count). The Labute approximate surface area is 189 Å². The molecule has 31 heavy (non-hydrogen) atoms. The number of halogens is 1. The molecule has 6 nitrogen and oxygen atoms in total. The molecule has 0 N–H and O–H groups in total. The summed E-state index contributed by atoms with van der Waals surface area (Å²) in [4.78, 5) is 25.5. The van der Waals surface area contributed by atoms with Crippen LogP contribution in [-0.2, 0) is 19.6 Å². The van der Waals surface area contributed by atoms with Crippen LogP contribution in [0.5, 0.6) is 0 Å². The molecule has 9 heteroatoms. The fourth-order valence-corrected chi connectivity index (χ4v) is 7.17. The van der Waals surface area contributed by atoms with Gasteiger partial charge >= 0.3 is 0 Å². The van der Waals surface area contributed by atoms with Crippen LogP contribution in [0, 0.1) is 0 Å². The second-order valence-electron chi connectivity index (χ2n) is 7.80. The number of carbonyl (C=O) groups is 2. The number of sulfonamides is 1. The van der Waals surface area contributed by atoms with Gasteiger partial charge in [0, 0.05) is 47.8 Å². The first kappa shape index (κ1) is 20.8. The molecule has 0 unspecified atom stereocenters. The maximum Gasteiger partial charge on any atom is 0.243 e. The molecule has 2 aromatic carbocycles. The zero-order chi connectivity index (χ0) is 21.8. The molecule has 0 saturated carbocycles. The van der Waals surface area contributed by atoms with E-state index in [-0.39, 0.29) is 4.90 Å². The third-order valence-corrected chi connectivity index (χ3v) is 9.36. The van der Waals surface area contributed by atoms with E-state index in [2.05, 4.69) is 0 Å². The van der Waals surface area contributed by atoms with E-state index in [1.54, 1.807) is 30.3 Å². The molecule has 2 heterocycles. The Morgan fingerprint density at radius 3 is 2.39 bits per heavy atom. The van der Waals surface area contributed by atoms with E-state index in [1.165, 1.54) is 28.2 Å². The molecular weight excluding hydrogens is 458 g/mol. The molecule has 0 amide bonds. The molecule has 3 aliphatic rings. The van der Waals surface area contributed by atoms with Gasteiger partial charge in [0.15, 0.2) is 0 Å². The third kappa shape index (κ3) is 3.42. The number of hydrogen-bond donors (Lipinski definition) is 0. The van der Waals surface area contributed by atoms with Crippen molar-refractivity contribution in [1.82, 2.24) is 4.31 Å². The van der Waals surface area contributed by atoms with Gasteiger partial charge < -0.3 is 4.74 Å². The van der Waals surface area contributed by atoms with E-state index >= 15 is 0 Å². The van der Waals surface area contributed by atoms with E-state index in [0.717, 1.165) is 0 Å². The van der Waals surface area contributed by atoms with Crippen LogP contribution in [0.3, 0.4) is 0 Å². The molecule has 2 aromatic rings. The topological polar surface area (TPSA) is 80.8 Å². The predicted octanol–water partition coefficient (Wildman–Crippen LogP) is 3.76. The predicted molar refractivity (Wildman–Crippen MR) is 118 cm³/mol. The van der Waals surface area contributed by atoms with E-state index < -0.39 is 27.2 Å². The number of nitrogens with zero attached hydrogens (tertiary/aromatic N) is 1. The lowest BCUT2D eigenvalue weighted by molar-refractivity contribution is -0.111. The molecule has 2 aliphatic heterocycles. The van der Waals surface area contributed by atoms with E-state index in [9.17, 15) is 18.0 Å². The minimum absolute atomic E-state index is 0.171. The third-order valence-electron chi connectivity index (χ3n) is 5.90. The average molecular weight is 476 g/mol. The number of ether oxygens (including phenoxy) is 1. The van der Waals surface area contributed by atoms with Crippen molar-refractivity contribution in [2.75, 3.05) is 18.8 Å². The van der Waals surface area contributed by atoms with Crippen LogP contribution in [0.1, 0.15) is 28.8 Å². The Hall–Kier alpha value is -2.13. The van der Waals surface area contributed by atoms with Crippen LogP contribution >= 0.6 is 23.4 Å². The number of Topliss-reactive ketones (excluding diaryl/α,β-unsaturated/α-hetero) is 2. The molecule has 1 spiro atoms. The van der Waals surface area contributed by atoms with Crippen molar-refractivity contribution in [2.45, 2.75) is 23.3 Å². The monoisotopic (exact) mass is 475 g/mol. The minimum Gasteiger partial charge on any atom is -0.484 e. The maximum atomic E-state index is 13.0. The van der Waals surface area contributed by atoms with Crippen LogP contribution in [-0.4, -0.2) is 48.7 Å². The van der Waals surface area contributed by atoms with Crippen LogP contribution in [0.25, 0.3) is 5.76 Å². The average Bonchev–Trinajstić information content (AvgIpc) is 2.78. The van der Waals surface area contributed by atoms with Gasteiger partial charge in [-0.15, -0.1) is 11.8 Å². The summed E-state index contributed by atoms with van der Waals surface area (Å²) in [6.45, 7) is 0.596. The molecule has 0 bridgehead atoms. The van der Waals surface area contributed by atoms with Crippen LogP contribution < -0.4 is 0 Å². The summed E-state index contributed by atoms with van der Waals surface area (Å²) in [5, 5.41) is 0.371. The highest BCUT2D eigenvalue weighted by atomic mass is 35.5. The van der Waals surface area contributed by atoms with Gasteiger partial charge in [0.2, 0.25) is 21.6 Å². The number of carbonyl (C=O) groups excluding carboxylic acids is 2. The van der Waals surface area contributed by atoms with Crippen LogP contribution in [0.2, 0.25) is 5.02 Å². The van der Waals surface area contributed by atoms with Gasteiger partial charge in [0.05, 0.1) is 4.90 Å². The van der Waals surface area contributed by atoms with Gasteiger partial charge in [0.25, 0.3) is 0 Å². The first-order valence-corrected chi connectivity index (χ1v) is 12.6. The second kappa shape index (κ2) is 7.48. The van der Waals surface area contributed by atoms with Crippen molar-refractivity contribution in [3.8, 4) is 0 Å². The van der Waals surface area contributed by atoms with Gasteiger partial charge in [-0.25, -0.2) is 8.42 Å². The molecule has 1 aliphatic carbocycles. The highest BCUT2D eigenvalue weighted by Gasteiger charge is 2.47. The molecular formula is C22H18ClNO5S2. The molecule has 160 valence electrons. The number of rotatable bonds is 2. The Balaban J connectivity index is 1.40. The van der Waals surface area contributed by atoms with Crippen molar-refractivity contribution in [3.63, 3.8) is 0 Å². The Morgan fingerprint density at radius 1 is 0.968 bits per heavy atom. The Bertz CT molecular complexity index is 1250. The van der Waals surface area contributed by atoms with Crippen molar-refractivity contribution in [2.24, 2.45) is 0 Å². The second-order valence-corrected chi connectivity index (χ2v) is 11.2. The molecule has 0 aromatic heterocycles. The lowest BCUT2D eigenvalue weighted by Crippen LogP contribution is -2.50. The van der Waals surface area contributed by atoms with Crippen LogP contribution in [0.4, 0.5) is 0 Å². The summed E-state index contributed by atoms with van der Waals surface area (Å²) in [5.74, 6) is -0.0983. The lowest BCUT2D eigenvalue weighted by Gasteiger charge is -2.45. The fraction of sp³-hybridized carbons (Fsp3) is 0.273. The molecule has 1 fully saturated rings. The number of fused-ring (bicyclic) bond motifs is 2. The zero-order valence-electron chi connectivity index (χ0n) is 16.3. The van der Waals surface area contributed by atoms with E-state index in [4.69, 9.17) is 16.3 Å². The van der Waals surface area contributed by atoms with Crippen molar-refractivity contribution < 1.29 is 22.7 Å². The summed E-state index contributed by atoms with van der Waals surface area (Å²) < 4.78 is 33.9. The largest absolute Gasteiger partial charge is 0.484 e. The van der Waals surface area contributed by atoms with Gasteiger partial charge in [0.1, 0.15) is 16.3 Å². The summed E-state index contributed by atoms with van der Waals surface area (Å²) in [7, 11) is -3.65. The molecule has 0 radical (unpaired) electrons. The smallest absolute Gasteiger partial charge is 0.243 e. The van der Waals surface area contributed by atoms with Gasteiger partial charge in [-0.1, -0.05) is 41.9 Å². The number of allylic oxidation sites excluding steroid dienone is 1. The van der Waals surface area contributed by atoms with E-state index in [0.29, 0.717) is 58.5 Å². The Kier molecular flexibility index (Phi) is 5.01. The maximum absolute atomic E-state index is 13.0. The van der Waals surface area contributed by atoms with Crippen LogP contribution in [0.15, 0.2) is 58.3 Å². The SMILES string of the molecule is O=C1C(=O)c2ccccc2C2=C1SCC1(CCN(S(=O)(=O)c3cccc(Cl)c3)CC1)O2. The van der Waals surface area contributed by atoms with Gasteiger partial charge in [-0.2, -0.15) is 4.31 Å². The highest BCUT2D eigenvalue weighted by molar-refractivity contribution is 8.04. The summed E-state index contributed by atoms with van der Waals surface area (Å²) in [6, 6.07) is 13.2. The number of hydrogen-bond acceptors (Lipinski definition) is 6. The first-order chi connectivity index (χ1) is 14.8. The number of benzene rings is 2. The first-order valence-electron chi connectivity index (χ1n) is 9.81. The normalized spacial score (nSPS) is 20.9. The van der Waals surface area contributed by atoms with Crippen molar-refractivity contribution in [3.05, 3.63) is 69.6 Å². The standard InChI is InChI=1S/C22H18ClNO5S2/c23-14-4-3-5-15(12-14)31(27,28)24-10-8-22(9-11-24)13-30-21-19(26)18(25)16-6-1-2-7-17(16)20(21)29-22/h1-7,12H,8-11,13H2. The Morgan fingerprint density at radius 2 is 1.68 bits per heavy atom. The molecule has 0 atom stereocenters. The minimum atomic E-state index is -3.65. The number of piperidine rings is 1. The summed E-state index contributed by atoms with van der Waals surface area (Å²) in [5.41, 5.74) is 0.394. The molecule has 1 saturated heterocycles. The fourth-order valence-electron chi connectivity index (χ4n) is 4.17.